The Morgan fingerprint density at radius 1 is 1.07 bits per heavy atom. The second-order valence-corrected chi connectivity index (χ2v) is 12.0. The normalized spacial score (nSPS) is 13.9. The average Bonchev–Trinajstić information content (AvgIpc) is 3.39. The number of furan rings is 1. The number of halogens is 3. The molecule has 0 N–H and O–H groups in total. The van der Waals surface area contributed by atoms with Crippen molar-refractivity contribution >= 4 is 90.8 Å². The van der Waals surface area contributed by atoms with Gasteiger partial charge in [0.1, 0.15) is 11.3 Å². The van der Waals surface area contributed by atoms with Crippen LogP contribution in [0.15, 0.2) is 75.0 Å². The third-order valence-corrected chi connectivity index (χ3v) is 8.34. The van der Waals surface area contributed by atoms with Crippen LogP contribution in [0.1, 0.15) is 5.56 Å². The fourth-order valence-corrected chi connectivity index (χ4v) is 6.78. The third kappa shape index (κ3) is 5.98. The first-order chi connectivity index (χ1) is 19.9. The van der Waals surface area contributed by atoms with Gasteiger partial charge >= 0.3 is 0 Å². The predicted molar refractivity (Wildman–Crippen MR) is 174 cm³/mol. The molecule has 3 aromatic carbocycles. The van der Waals surface area contributed by atoms with Crippen LogP contribution in [-0.4, -0.2) is 59.6 Å². The van der Waals surface area contributed by atoms with E-state index in [0.29, 0.717) is 59.3 Å². The number of carbonyl (C=O) groups excluding carboxylic acids is 1. The van der Waals surface area contributed by atoms with Gasteiger partial charge in [-0.3, -0.25) is 9.59 Å². The Bertz CT molecular complexity index is 1860. The van der Waals surface area contributed by atoms with Gasteiger partial charge in [-0.1, -0.05) is 23.7 Å². The highest BCUT2D eigenvalue weighted by atomic mass is 127. The Balaban J connectivity index is 1.33. The number of carbonyl (C=O) groups is 1. The first-order valence-electron chi connectivity index (χ1n) is 12.6. The van der Waals surface area contributed by atoms with Crippen LogP contribution in [-0.2, 0) is 9.53 Å². The smallest absolute Gasteiger partial charge is 0.282 e. The van der Waals surface area contributed by atoms with Crippen LogP contribution in [0, 0.1) is 7.14 Å². The summed E-state index contributed by atoms with van der Waals surface area (Å²) in [5.74, 6) is 1.20. The van der Waals surface area contributed by atoms with Crippen molar-refractivity contribution in [2.45, 2.75) is 0 Å². The topological polar surface area (TPSA) is 99.2 Å². The van der Waals surface area contributed by atoms with Crippen molar-refractivity contribution in [2.75, 3.05) is 32.9 Å². The summed E-state index contributed by atoms with van der Waals surface area (Å²) in [5, 5.41) is 6.35. The molecule has 1 saturated heterocycles. The molecule has 0 unspecified atom stereocenters. The van der Waals surface area contributed by atoms with Crippen molar-refractivity contribution in [3.05, 3.63) is 88.7 Å². The number of hydrogen-bond acceptors (Lipinski definition) is 7. The molecule has 2 aromatic heterocycles. The summed E-state index contributed by atoms with van der Waals surface area (Å²) < 4.78 is 20.1. The molecular weight excluding hydrogens is 774 g/mol. The molecule has 6 rings (SSSR count). The fourth-order valence-electron chi connectivity index (χ4n) is 4.47. The Labute approximate surface area is 266 Å². The summed E-state index contributed by atoms with van der Waals surface area (Å²) in [6.07, 6.45) is 1.59. The molecule has 0 spiro atoms. The lowest BCUT2D eigenvalue weighted by Gasteiger charge is -2.26. The maximum absolute atomic E-state index is 13.6. The zero-order chi connectivity index (χ0) is 28.5. The first-order valence-corrected chi connectivity index (χ1v) is 15.1. The highest BCUT2D eigenvalue weighted by Gasteiger charge is 2.19. The molecule has 0 bridgehead atoms. The predicted octanol–water partition coefficient (Wildman–Crippen LogP) is 5.79. The molecule has 1 amide bonds. The van der Waals surface area contributed by atoms with Crippen LogP contribution >= 0.6 is 56.8 Å². The number of hydrogen-bond donors (Lipinski definition) is 0. The molecule has 12 heteroatoms. The van der Waals surface area contributed by atoms with Gasteiger partial charge in [-0.2, -0.15) is 9.78 Å². The van der Waals surface area contributed by atoms with Gasteiger partial charge in [-0.05, 0) is 99.3 Å². The molecule has 41 heavy (non-hydrogen) atoms. The van der Waals surface area contributed by atoms with E-state index in [0.717, 1.165) is 18.1 Å². The van der Waals surface area contributed by atoms with E-state index in [-0.39, 0.29) is 23.9 Å². The maximum atomic E-state index is 13.6. The molecule has 0 atom stereocenters. The number of ether oxygens (including phenoxy) is 2. The van der Waals surface area contributed by atoms with E-state index in [9.17, 15) is 9.59 Å². The van der Waals surface area contributed by atoms with Gasteiger partial charge in [-0.15, -0.1) is 0 Å². The molecule has 3 heterocycles. The summed E-state index contributed by atoms with van der Waals surface area (Å²) in [7, 11) is 0. The molecule has 0 saturated carbocycles. The first kappa shape index (κ1) is 28.1. The third-order valence-electron chi connectivity index (χ3n) is 6.50. The van der Waals surface area contributed by atoms with Crippen molar-refractivity contribution in [1.29, 1.82) is 0 Å². The highest BCUT2D eigenvalue weighted by Crippen LogP contribution is 2.30. The molecule has 9 nitrogen and oxygen atoms in total. The number of para-hydroxylation sites is 1. The number of fused-ring (bicyclic) bond motifs is 2. The van der Waals surface area contributed by atoms with Crippen LogP contribution < -0.4 is 10.3 Å². The molecule has 0 radical (unpaired) electrons. The SMILES string of the molecule is O=C(COc1c(I)cc(C=Nn2c(-c3cc4cc(Cl)ccc4o3)nc3ccccc3c2=O)cc1I)N1CCOCC1. The Hall–Kier alpha value is -3.01. The minimum Gasteiger partial charge on any atom is -0.482 e. The number of morpholine rings is 1. The number of nitrogens with zero attached hydrogens (tertiary/aromatic N) is 4. The molecule has 0 aliphatic carbocycles. The van der Waals surface area contributed by atoms with Crippen molar-refractivity contribution in [2.24, 2.45) is 5.10 Å². The largest absolute Gasteiger partial charge is 0.482 e. The lowest BCUT2D eigenvalue weighted by molar-refractivity contribution is -0.137. The van der Waals surface area contributed by atoms with Crippen LogP contribution in [0.25, 0.3) is 33.5 Å². The minimum absolute atomic E-state index is 0.0519. The number of rotatable bonds is 6. The van der Waals surface area contributed by atoms with E-state index in [1.54, 1.807) is 53.6 Å². The molecule has 5 aromatic rings. The van der Waals surface area contributed by atoms with Crippen LogP contribution in [0.2, 0.25) is 5.02 Å². The molecule has 208 valence electrons. The van der Waals surface area contributed by atoms with E-state index >= 15 is 0 Å². The van der Waals surface area contributed by atoms with Crippen molar-refractivity contribution in [3.8, 4) is 17.3 Å². The van der Waals surface area contributed by atoms with Crippen molar-refractivity contribution < 1.29 is 18.7 Å². The number of amides is 1. The zero-order valence-corrected chi connectivity index (χ0v) is 26.4. The average molecular weight is 795 g/mol. The van der Waals surface area contributed by atoms with E-state index in [1.165, 1.54) is 4.68 Å². The van der Waals surface area contributed by atoms with Gasteiger partial charge in [0.25, 0.3) is 11.5 Å². The van der Waals surface area contributed by atoms with E-state index in [4.69, 9.17) is 30.5 Å². The van der Waals surface area contributed by atoms with Gasteiger partial charge in [0.05, 0.1) is 37.5 Å². The Kier molecular flexibility index (Phi) is 8.28. The molecule has 1 aliphatic rings. The van der Waals surface area contributed by atoms with E-state index in [2.05, 4.69) is 50.3 Å². The van der Waals surface area contributed by atoms with Crippen LogP contribution in [0.4, 0.5) is 0 Å². The quantitative estimate of drug-likeness (QED) is 0.160. The lowest BCUT2D eigenvalue weighted by atomic mass is 10.2. The summed E-state index contributed by atoms with van der Waals surface area (Å²) in [6, 6.07) is 18.0. The molecular formula is C29H21ClI2N4O5. The second-order valence-electron chi connectivity index (χ2n) is 9.20. The molecule has 1 fully saturated rings. The van der Waals surface area contributed by atoms with Gasteiger partial charge in [0, 0.05) is 23.5 Å². The monoisotopic (exact) mass is 794 g/mol. The Morgan fingerprint density at radius 2 is 1.83 bits per heavy atom. The van der Waals surface area contributed by atoms with E-state index in [1.807, 2.05) is 18.2 Å². The zero-order valence-electron chi connectivity index (χ0n) is 21.4. The van der Waals surface area contributed by atoms with Gasteiger partial charge < -0.3 is 18.8 Å². The second kappa shape index (κ2) is 12.1. The minimum atomic E-state index is -0.327. The Morgan fingerprint density at radius 3 is 2.61 bits per heavy atom. The van der Waals surface area contributed by atoms with Crippen molar-refractivity contribution in [3.63, 3.8) is 0 Å². The summed E-state index contributed by atoms with van der Waals surface area (Å²) >= 11 is 10.5. The maximum Gasteiger partial charge on any atom is 0.282 e. The fraction of sp³-hybridized carbons (Fsp3) is 0.172. The standard InChI is InChI=1S/C29H21ClI2N4O5/c30-19-5-6-24-18(13-19)14-25(41-24)28-34-23-4-2-1-3-20(23)29(38)36(28)33-15-17-11-21(31)27(22(32)12-17)40-16-26(37)35-7-9-39-10-8-35/h1-6,11-15H,7-10,16H2. The van der Waals surface area contributed by atoms with Gasteiger partial charge in [0.2, 0.25) is 5.82 Å². The van der Waals surface area contributed by atoms with Crippen LogP contribution in [0.3, 0.4) is 0 Å². The summed E-state index contributed by atoms with van der Waals surface area (Å²) in [5.41, 5.74) is 1.57. The molecule has 1 aliphatic heterocycles. The number of benzene rings is 3. The van der Waals surface area contributed by atoms with Crippen molar-refractivity contribution in [1.82, 2.24) is 14.6 Å². The summed E-state index contributed by atoms with van der Waals surface area (Å²) in [4.78, 5) is 32.6. The summed E-state index contributed by atoms with van der Waals surface area (Å²) in [6.45, 7) is 2.16. The highest BCUT2D eigenvalue weighted by molar-refractivity contribution is 14.1. The van der Waals surface area contributed by atoms with Gasteiger partial charge in [-0.25, -0.2) is 4.98 Å². The van der Waals surface area contributed by atoms with E-state index < -0.39 is 0 Å². The lowest BCUT2D eigenvalue weighted by Crippen LogP contribution is -2.43. The van der Waals surface area contributed by atoms with Crippen LogP contribution in [0.5, 0.6) is 5.75 Å². The number of aromatic nitrogens is 2. The van der Waals surface area contributed by atoms with Gasteiger partial charge in [0.15, 0.2) is 12.4 Å².